The fraction of sp³-hybridized carbons (Fsp3) is 0.538. The van der Waals surface area contributed by atoms with E-state index in [-0.39, 0.29) is 6.04 Å². The third-order valence-corrected chi connectivity index (χ3v) is 3.77. The highest BCUT2D eigenvalue weighted by Crippen LogP contribution is 2.28. The Morgan fingerprint density at radius 2 is 1.80 bits per heavy atom. The summed E-state index contributed by atoms with van der Waals surface area (Å²) in [6.45, 7) is 4.47. The zero-order chi connectivity index (χ0) is 11.3. The fourth-order valence-corrected chi connectivity index (χ4v) is 2.46. The smallest absolute Gasteiger partial charge is 0.0308 e. The number of hydrogen-bond acceptors (Lipinski definition) is 1. The molecule has 1 rings (SSSR count). The summed E-state index contributed by atoms with van der Waals surface area (Å²) in [6, 6.07) is 8.40. The highest BCUT2D eigenvalue weighted by Gasteiger charge is 2.13. The Morgan fingerprint density at radius 3 is 2.33 bits per heavy atom. The van der Waals surface area contributed by atoms with Crippen LogP contribution in [-0.2, 0) is 0 Å². The van der Waals surface area contributed by atoms with Crippen LogP contribution in [0.25, 0.3) is 0 Å². The third-order valence-electron chi connectivity index (χ3n) is 3.05. The number of rotatable bonds is 5. The largest absolute Gasteiger partial charge is 0.324 e. The van der Waals surface area contributed by atoms with Gasteiger partial charge in [0.25, 0.3) is 0 Å². The maximum absolute atomic E-state index is 6.22. The first-order valence-corrected chi connectivity index (χ1v) is 6.48. The lowest BCUT2D eigenvalue weighted by Crippen LogP contribution is -2.15. The van der Waals surface area contributed by atoms with E-state index < -0.39 is 0 Å². The molecule has 1 atom stereocenters. The van der Waals surface area contributed by atoms with Gasteiger partial charge in [-0.05, 0) is 24.0 Å². The van der Waals surface area contributed by atoms with E-state index >= 15 is 0 Å². The second-order valence-electron chi connectivity index (χ2n) is 4.05. The summed E-state index contributed by atoms with van der Waals surface area (Å²) >= 11 is 3.55. The average Bonchev–Trinajstić information content (AvgIpc) is 2.26. The predicted molar refractivity (Wildman–Crippen MR) is 69.8 cm³/mol. The molecule has 0 amide bonds. The van der Waals surface area contributed by atoms with E-state index in [1.165, 1.54) is 18.4 Å². The molecule has 0 aliphatic rings. The monoisotopic (exact) mass is 269 g/mol. The molecule has 15 heavy (non-hydrogen) atoms. The molecule has 1 aromatic carbocycles. The molecule has 0 saturated heterocycles. The Bertz CT molecular complexity index is 294. The van der Waals surface area contributed by atoms with E-state index in [1.54, 1.807) is 0 Å². The molecule has 0 fully saturated rings. The number of hydrogen-bond donors (Lipinski definition) is 1. The SMILES string of the molecule is CCC(CC)CC(N)c1ccccc1Br. The van der Waals surface area contributed by atoms with Gasteiger partial charge >= 0.3 is 0 Å². The summed E-state index contributed by atoms with van der Waals surface area (Å²) in [5.41, 5.74) is 7.44. The van der Waals surface area contributed by atoms with Crippen LogP contribution in [0.3, 0.4) is 0 Å². The molecule has 1 unspecified atom stereocenters. The van der Waals surface area contributed by atoms with Gasteiger partial charge in [0.15, 0.2) is 0 Å². The van der Waals surface area contributed by atoms with Gasteiger partial charge in [-0.25, -0.2) is 0 Å². The summed E-state index contributed by atoms with van der Waals surface area (Å²) in [6.07, 6.45) is 3.51. The van der Waals surface area contributed by atoms with E-state index in [9.17, 15) is 0 Å². The molecule has 84 valence electrons. The minimum absolute atomic E-state index is 0.158. The van der Waals surface area contributed by atoms with Gasteiger partial charge in [0.2, 0.25) is 0 Å². The first-order valence-electron chi connectivity index (χ1n) is 5.69. The molecule has 2 heteroatoms. The summed E-state index contributed by atoms with van der Waals surface area (Å²) < 4.78 is 1.13. The Morgan fingerprint density at radius 1 is 1.20 bits per heavy atom. The van der Waals surface area contributed by atoms with Crippen molar-refractivity contribution in [3.8, 4) is 0 Å². The number of nitrogens with two attached hydrogens (primary N) is 1. The van der Waals surface area contributed by atoms with Crippen molar-refractivity contribution in [2.45, 2.75) is 39.2 Å². The Hall–Kier alpha value is -0.340. The molecule has 0 radical (unpaired) electrons. The van der Waals surface area contributed by atoms with Gasteiger partial charge < -0.3 is 5.73 Å². The summed E-state index contributed by atoms with van der Waals surface area (Å²) in [7, 11) is 0. The van der Waals surface area contributed by atoms with E-state index in [1.807, 2.05) is 12.1 Å². The summed E-state index contributed by atoms with van der Waals surface area (Å²) in [4.78, 5) is 0. The van der Waals surface area contributed by atoms with Crippen molar-refractivity contribution in [1.82, 2.24) is 0 Å². The zero-order valence-electron chi connectivity index (χ0n) is 9.54. The van der Waals surface area contributed by atoms with Crippen LogP contribution >= 0.6 is 15.9 Å². The van der Waals surface area contributed by atoms with Gasteiger partial charge in [-0.2, -0.15) is 0 Å². The van der Waals surface area contributed by atoms with Crippen LogP contribution in [0, 0.1) is 5.92 Å². The first-order chi connectivity index (χ1) is 7.19. The first kappa shape index (κ1) is 12.7. The second-order valence-corrected chi connectivity index (χ2v) is 4.90. The molecule has 1 aromatic rings. The predicted octanol–water partition coefficient (Wildman–Crippen LogP) is 4.28. The number of benzene rings is 1. The molecular formula is C13H20BrN. The lowest BCUT2D eigenvalue weighted by molar-refractivity contribution is 0.414. The van der Waals surface area contributed by atoms with Crippen molar-refractivity contribution >= 4 is 15.9 Å². The van der Waals surface area contributed by atoms with Crippen LogP contribution in [0.5, 0.6) is 0 Å². The quantitative estimate of drug-likeness (QED) is 0.849. The maximum Gasteiger partial charge on any atom is 0.0308 e. The van der Waals surface area contributed by atoms with Crippen LogP contribution in [0.4, 0.5) is 0 Å². The second kappa shape index (κ2) is 6.29. The van der Waals surface area contributed by atoms with Crippen LogP contribution in [0.1, 0.15) is 44.7 Å². The van der Waals surface area contributed by atoms with Gasteiger partial charge in [0.05, 0.1) is 0 Å². The Kier molecular flexibility index (Phi) is 5.34. The number of halogens is 1. The molecule has 0 saturated carbocycles. The lowest BCUT2D eigenvalue weighted by atomic mass is 9.92. The molecule has 0 bridgehead atoms. The van der Waals surface area contributed by atoms with E-state index in [2.05, 4.69) is 41.9 Å². The molecule has 0 aliphatic heterocycles. The molecular weight excluding hydrogens is 250 g/mol. The zero-order valence-corrected chi connectivity index (χ0v) is 11.1. The van der Waals surface area contributed by atoms with Gasteiger partial charge in [0, 0.05) is 10.5 Å². The molecule has 1 nitrogen and oxygen atoms in total. The van der Waals surface area contributed by atoms with E-state index in [0.717, 1.165) is 16.8 Å². The van der Waals surface area contributed by atoms with Crippen LogP contribution in [-0.4, -0.2) is 0 Å². The van der Waals surface area contributed by atoms with Crippen molar-refractivity contribution in [2.24, 2.45) is 11.7 Å². The highest BCUT2D eigenvalue weighted by atomic mass is 79.9. The van der Waals surface area contributed by atoms with Crippen LogP contribution < -0.4 is 5.73 Å². The van der Waals surface area contributed by atoms with E-state index in [0.29, 0.717) is 0 Å². The molecule has 0 heterocycles. The summed E-state index contributed by atoms with van der Waals surface area (Å²) in [5.74, 6) is 0.743. The lowest BCUT2D eigenvalue weighted by Gasteiger charge is -2.19. The van der Waals surface area contributed by atoms with Gasteiger partial charge in [0.1, 0.15) is 0 Å². The topological polar surface area (TPSA) is 26.0 Å². The Labute approximate surface area is 101 Å². The highest BCUT2D eigenvalue weighted by molar-refractivity contribution is 9.10. The van der Waals surface area contributed by atoms with Crippen molar-refractivity contribution in [1.29, 1.82) is 0 Å². The van der Waals surface area contributed by atoms with Crippen molar-refractivity contribution < 1.29 is 0 Å². The van der Waals surface area contributed by atoms with Crippen LogP contribution in [0.2, 0.25) is 0 Å². The standard InChI is InChI=1S/C13H20BrN/c1-3-10(4-2)9-13(15)11-7-5-6-8-12(11)14/h5-8,10,13H,3-4,9,15H2,1-2H3. The Balaban J connectivity index is 2.68. The van der Waals surface area contributed by atoms with Crippen molar-refractivity contribution in [2.75, 3.05) is 0 Å². The minimum Gasteiger partial charge on any atom is -0.324 e. The molecule has 2 N–H and O–H groups in total. The fourth-order valence-electron chi connectivity index (χ4n) is 1.88. The minimum atomic E-state index is 0.158. The summed E-state index contributed by atoms with van der Waals surface area (Å²) in [5, 5.41) is 0. The third kappa shape index (κ3) is 3.62. The van der Waals surface area contributed by atoms with Gasteiger partial charge in [-0.15, -0.1) is 0 Å². The van der Waals surface area contributed by atoms with Gasteiger partial charge in [-0.3, -0.25) is 0 Å². The molecule has 0 aromatic heterocycles. The molecule has 0 aliphatic carbocycles. The van der Waals surface area contributed by atoms with Crippen molar-refractivity contribution in [3.63, 3.8) is 0 Å². The average molecular weight is 270 g/mol. The van der Waals surface area contributed by atoms with Gasteiger partial charge in [-0.1, -0.05) is 60.8 Å². The molecule has 0 spiro atoms. The van der Waals surface area contributed by atoms with Crippen LogP contribution in [0.15, 0.2) is 28.7 Å². The normalized spacial score (nSPS) is 13.1. The van der Waals surface area contributed by atoms with Crippen molar-refractivity contribution in [3.05, 3.63) is 34.3 Å². The maximum atomic E-state index is 6.22. The van der Waals surface area contributed by atoms with E-state index in [4.69, 9.17) is 5.73 Å².